The van der Waals surface area contributed by atoms with Gasteiger partial charge in [0.15, 0.2) is 0 Å². The number of likely N-dealkylation sites (tertiary alicyclic amines) is 1. The van der Waals surface area contributed by atoms with Gasteiger partial charge in [0.25, 0.3) is 0 Å². The maximum absolute atomic E-state index is 3.69. The first-order valence-corrected chi connectivity index (χ1v) is 8.33. The van der Waals surface area contributed by atoms with Gasteiger partial charge in [-0.15, -0.1) is 0 Å². The van der Waals surface area contributed by atoms with Crippen molar-refractivity contribution in [1.29, 1.82) is 0 Å². The quantitative estimate of drug-likeness (QED) is 0.763. The summed E-state index contributed by atoms with van der Waals surface area (Å²) < 4.78 is 0. The van der Waals surface area contributed by atoms with Crippen LogP contribution < -0.4 is 5.32 Å². The van der Waals surface area contributed by atoms with Crippen LogP contribution in [0, 0.1) is 5.92 Å². The largest absolute Gasteiger partial charge is 0.314 e. The molecule has 3 unspecified atom stereocenters. The van der Waals surface area contributed by atoms with Gasteiger partial charge in [0.05, 0.1) is 0 Å². The lowest BCUT2D eigenvalue weighted by Crippen LogP contribution is -2.40. The zero-order valence-electron chi connectivity index (χ0n) is 13.2. The summed E-state index contributed by atoms with van der Waals surface area (Å²) in [6, 6.07) is 1.62. The number of likely N-dealkylation sites (N-methyl/N-ethyl adjacent to an activating group) is 1. The Morgan fingerprint density at radius 3 is 2.74 bits per heavy atom. The molecule has 3 atom stereocenters. The van der Waals surface area contributed by atoms with E-state index >= 15 is 0 Å². The van der Waals surface area contributed by atoms with E-state index in [2.05, 4.69) is 36.1 Å². The van der Waals surface area contributed by atoms with Gasteiger partial charge >= 0.3 is 0 Å². The van der Waals surface area contributed by atoms with Gasteiger partial charge in [0, 0.05) is 18.6 Å². The smallest absolute Gasteiger partial charge is 0.0223 e. The van der Waals surface area contributed by atoms with Gasteiger partial charge in [-0.2, -0.15) is 0 Å². The lowest BCUT2D eigenvalue weighted by atomic mass is 9.99. The third kappa shape index (κ3) is 4.44. The van der Waals surface area contributed by atoms with Crippen LogP contribution in [0.15, 0.2) is 0 Å². The second kappa shape index (κ2) is 7.61. The van der Waals surface area contributed by atoms with Crippen LogP contribution >= 0.6 is 0 Å². The fourth-order valence-electron chi connectivity index (χ4n) is 4.06. The maximum Gasteiger partial charge on any atom is 0.0223 e. The van der Waals surface area contributed by atoms with E-state index in [1.165, 1.54) is 58.2 Å². The van der Waals surface area contributed by atoms with Crippen LogP contribution in [0.1, 0.15) is 45.4 Å². The molecular weight excluding hydrogens is 234 g/mol. The highest BCUT2D eigenvalue weighted by atomic mass is 15.2. The summed E-state index contributed by atoms with van der Waals surface area (Å²) in [6.45, 7) is 7.26. The summed E-state index contributed by atoms with van der Waals surface area (Å²) in [5, 5.41) is 3.69. The molecule has 19 heavy (non-hydrogen) atoms. The lowest BCUT2D eigenvalue weighted by Gasteiger charge is -2.29. The average Bonchev–Trinajstić information content (AvgIpc) is 2.96. The van der Waals surface area contributed by atoms with Gasteiger partial charge in [-0.3, -0.25) is 4.90 Å². The van der Waals surface area contributed by atoms with Crippen molar-refractivity contribution in [3.63, 3.8) is 0 Å². The van der Waals surface area contributed by atoms with E-state index < -0.39 is 0 Å². The summed E-state index contributed by atoms with van der Waals surface area (Å²) in [5.41, 5.74) is 0. The highest BCUT2D eigenvalue weighted by Gasteiger charge is 2.29. The summed E-state index contributed by atoms with van der Waals surface area (Å²) in [7, 11) is 4.41. The van der Waals surface area contributed by atoms with Gasteiger partial charge in [-0.1, -0.05) is 13.3 Å². The molecule has 112 valence electrons. The first-order chi connectivity index (χ1) is 9.20. The second-order valence-corrected chi connectivity index (χ2v) is 6.74. The number of rotatable bonds is 7. The predicted molar refractivity (Wildman–Crippen MR) is 82.6 cm³/mol. The summed E-state index contributed by atoms with van der Waals surface area (Å²) in [6.07, 6.45) is 8.49. The van der Waals surface area contributed by atoms with E-state index in [1.807, 2.05) is 0 Å². The van der Waals surface area contributed by atoms with Crippen molar-refractivity contribution < 1.29 is 0 Å². The average molecular weight is 267 g/mol. The summed E-state index contributed by atoms with van der Waals surface area (Å²) in [5.74, 6) is 0.931. The Bertz CT molecular complexity index is 254. The molecule has 1 N–H and O–H groups in total. The molecule has 3 heteroatoms. The fourth-order valence-corrected chi connectivity index (χ4v) is 4.06. The van der Waals surface area contributed by atoms with Crippen molar-refractivity contribution in [2.75, 3.05) is 40.3 Å². The number of nitrogens with zero attached hydrogens (tertiary/aromatic N) is 2. The van der Waals surface area contributed by atoms with Crippen molar-refractivity contribution in [3.05, 3.63) is 0 Å². The molecule has 1 saturated carbocycles. The lowest BCUT2D eigenvalue weighted by molar-refractivity contribution is 0.191. The Labute approximate surface area is 119 Å². The van der Waals surface area contributed by atoms with Gasteiger partial charge in [-0.05, 0) is 71.8 Å². The summed E-state index contributed by atoms with van der Waals surface area (Å²) in [4.78, 5) is 5.10. The molecule has 1 saturated heterocycles. The molecule has 0 spiro atoms. The molecular formula is C16H33N3. The fraction of sp³-hybridized carbons (Fsp3) is 1.00. The molecule has 0 bridgehead atoms. The molecule has 2 aliphatic rings. The van der Waals surface area contributed by atoms with Gasteiger partial charge in [0.2, 0.25) is 0 Å². The van der Waals surface area contributed by atoms with Crippen molar-refractivity contribution >= 4 is 0 Å². The highest BCUT2D eigenvalue weighted by molar-refractivity contribution is 4.86. The molecule has 0 aromatic heterocycles. The van der Waals surface area contributed by atoms with Crippen LogP contribution in [0.25, 0.3) is 0 Å². The molecule has 0 aromatic carbocycles. The van der Waals surface area contributed by atoms with Gasteiger partial charge in [0.1, 0.15) is 0 Å². The Kier molecular flexibility index (Phi) is 6.11. The van der Waals surface area contributed by atoms with Crippen LogP contribution in [0.3, 0.4) is 0 Å². The van der Waals surface area contributed by atoms with Crippen LogP contribution in [0.4, 0.5) is 0 Å². The molecule has 1 aliphatic carbocycles. The van der Waals surface area contributed by atoms with Gasteiger partial charge < -0.3 is 10.2 Å². The van der Waals surface area contributed by atoms with E-state index in [9.17, 15) is 0 Å². The van der Waals surface area contributed by atoms with E-state index in [4.69, 9.17) is 0 Å². The monoisotopic (exact) mass is 267 g/mol. The zero-order chi connectivity index (χ0) is 13.7. The molecule has 0 radical (unpaired) electrons. The Morgan fingerprint density at radius 2 is 2.00 bits per heavy atom. The Morgan fingerprint density at radius 1 is 1.16 bits per heavy atom. The van der Waals surface area contributed by atoms with Gasteiger partial charge in [-0.25, -0.2) is 0 Å². The Balaban J connectivity index is 1.74. The minimum absolute atomic E-state index is 0.805. The normalized spacial score (nSPS) is 32.5. The summed E-state index contributed by atoms with van der Waals surface area (Å²) >= 11 is 0. The number of hydrogen-bond acceptors (Lipinski definition) is 3. The topological polar surface area (TPSA) is 18.5 Å². The zero-order valence-corrected chi connectivity index (χ0v) is 13.2. The first kappa shape index (κ1) is 15.3. The van der Waals surface area contributed by atoms with E-state index in [0.717, 1.165) is 24.5 Å². The number of nitrogens with one attached hydrogen (secondary N) is 1. The second-order valence-electron chi connectivity index (χ2n) is 6.74. The van der Waals surface area contributed by atoms with Crippen LogP contribution in [0.5, 0.6) is 0 Å². The predicted octanol–water partition coefficient (Wildman–Crippen LogP) is 2.18. The van der Waals surface area contributed by atoms with Crippen LogP contribution in [-0.4, -0.2) is 62.2 Å². The van der Waals surface area contributed by atoms with E-state index in [0.29, 0.717) is 0 Å². The third-order valence-electron chi connectivity index (χ3n) is 4.99. The molecule has 0 amide bonds. The van der Waals surface area contributed by atoms with Crippen molar-refractivity contribution in [2.45, 2.75) is 57.5 Å². The van der Waals surface area contributed by atoms with Crippen molar-refractivity contribution in [1.82, 2.24) is 15.1 Å². The molecule has 2 rings (SSSR count). The maximum atomic E-state index is 3.69. The SMILES string of the molecule is CCNC1CCCC1CCN1CCCC1CN(C)C. The molecule has 2 fully saturated rings. The molecule has 3 nitrogen and oxygen atoms in total. The van der Waals surface area contributed by atoms with Crippen molar-refractivity contribution in [2.24, 2.45) is 5.92 Å². The molecule has 0 aromatic rings. The van der Waals surface area contributed by atoms with Crippen molar-refractivity contribution in [3.8, 4) is 0 Å². The minimum atomic E-state index is 0.805. The molecule has 1 aliphatic heterocycles. The van der Waals surface area contributed by atoms with E-state index in [1.54, 1.807) is 0 Å². The minimum Gasteiger partial charge on any atom is -0.314 e. The Hall–Kier alpha value is -0.120. The van der Waals surface area contributed by atoms with Crippen LogP contribution in [0.2, 0.25) is 0 Å². The first-order valence-electron chi connectivity index (χ1n) is 8.33. The highest BCUT2D eigenvalue weighted by Crippen LogP contribution is 2.29. The third-order valence-corrected chi connectivity index (χ3v) is 4.99. The van der Waals surface area contributed by atoms with Crippen LogP contribution in [-0.2, 0) is 0 Å². The molecule has 1 heterocycles. The number of hydrogen-bond donors (Lipinski definition) is 1. The standard InChI is InChI=1S/C16H33N3/c1-4-17-16-9-5-7-14(16)10-12-19-11-6-8-15(19)13-18(2)3/h14-17H,4-13H2,1-3H3. The van der Waals surface area contributed by atoms with E-state index in [-0.39, 0.29) is 0 Å².